The number of benzene rings is 1. The predicted octanol–water partition coefficient (Wildman–Crippen LogP) is 3.04. The average molecular weight is 447 g/mol. The normalized spacial score (nSPS) is 19.3. The van der Waals surface area contributed by atoms with Crippen LogP contribution < -0.4 is 4.90 Å². The summed E-state index contributed by atoms with van der Waals surface area (Å²) in [5, 5.41) is 6.08. The number of H-pyrrole nitrogens is 1. The molecule has 0 saturated carbocycles. The van der Waals surface area contributed by atoms with E-state index in [0.717, 1.165) is 52.6 Å². The third-order valence-electron chi connectivity index (χ3n) is 6.13. The molecule has 2 aliphatic heterocycles. The van der Waals surface area contributed by atoms with Gasteiger partial charge in [0.2, 0.25) is 0 Å². The summed E-state index contributed by atoms with van der Waals surface area (Å²) in [6.45, 7) is 6.57. The van der Waals surface area contributed by atoms with E-state index in [9.17, 15) is 0 Å². The van der Waals surface area contributed by atoms with Gasteiger partial charge >= 0.3 is 0 Å². The highest BCUT2D eigenvalue weighted by atomic mass is 16.6. The van der Waals surface area contributed by atoms with Crippen LogP contribution in [0.2, 0.25) is 0 Å². The Morgan fingerprint density at radius 1 is 0.970 bits per heavy atom. The molecule has 0 bridgehead atoms. The molecule has 0 spiro atoms. The number of aromatic nitrogens is 5. The molecule has 2 fully saturated rings. The van der Waals surface area contributed by atoms with E-state index in [4.69, 9.17) is 29.3 Å². The van der Waals surface area contributed by atoms with Gasteiger partial charge in [-0.05, 0) is 19.1 Å². The summed E-state index contributed by atoms with van der Waals surface area (Å²) in [6, 6.07) is 12.3. The molecule has 9 nitrogen and oxygen atoms in total. The number of morpholine rings is 1. The van der Waals surface area contributed by atoms with Crippen LogP contribution in [0.5, 0.6) is 0 Å². The van der Waals surface area contributed by atoms with E-state index in [2.05, 4.69) is 28.1 Å². The predicted molar refractivity (Wildman–Crippen MR) is 124 cm³/mol. The molecule has 0 amide bonds. The lowest BCUT2D eigenvalue weighted by Gasteiger charge is -2.29. The Bertz CT molecular complexity index is 1230. The summed E-state index contributed by atoms with van der Waals surface area (Å²) in [5.41, 5.74) is 4.05. The average Bonchev–Trinajstić information content (AvgIpc) is 3.48. The molecule has 33 heavy (non-hydrogen) atoms. The van der Waals surface area contributed by atoms with Gasteiger partial charge in [0.25, 0.3) is 0 Å². The van der Waals surface area contributed by atoms with Gasteiger partial charge in [0.05, 0.1) is 38.7 Å². The van der Waals surface area contributed by atoms with Gasteiger partial charge in [-0.2, -0.15) is 5.10 Å². The largest absolute Gasteiger partial charge is 0.378 e. The summed E-state index contributed by atoms with van der Waals surface area (Å²) in [5.74, 6) is 2.20. The van der Waals surface area contributed by atoms with Gasteiger partial charge in [0.1, 0.15) is 11.9 Å². The molecule has 4 aromatic rings. The second-order valence-electron chi connectivity index (χ2n) is 8.31. The molecule has 2 saturated heterocycles. The minimum atomic E-state index is -0.289. The monoisotopic (exact) mass is 446 g/mol. The summed E-state index contributed by atoms with van der Waals surface area (Å²) in [4.78, 5) is 15.3. The zero-order valence-electron chi connectivity index (χ0n) is 18.5. The first-order chi connectivity index (χ1) is 16.3. The van der Waals surface area contributed by atoms with Crippen molar-refractivity contribution in [1.82, 2.24) is 24.7 Å². The zero-order valence-corrected chi connectivity index (χ0v) is 18.5. The summed E-state index contributed by atoms with van der Waals surface area (Å²) >= 11 is 0. The van der Waals surface area contributed by atoms with Gasteiger partial charge < -0.3 is 24.1 Å². The van der Waals surface area contributed by atoms with Crippen LogP contribution in [0.15, 0.2) is 42.6 Å². The molecule has 6 rings (SSSR count). The van der Waals surface area contributed by atoms with E-state index in [-0.39, 0.29) is 6.10 Å². The third kappa shape index (κ3) is 3.88. The molecule has 5 heterocycles. The number of para-hydroxylation sites is 1. The van der Waals surface area contributed by atoms with Crippen molar-refractivity contribution in [2.75, 3.05) is 51.0 Å². The van der Waals surface area contributed by atoms with Crippen LogP contribution in [-0.4, -0.2) is 70.9 Å². The van der Waals surface area contributed by atoms with E-state index in [1.165, 1.54) is 0 Å². The van der Waals surface area contributed by atoms with E-state index in [1.54, 1.807) is 0 Å². The van der Waals surface area contributed by atoms with Crippen molar-refractivity contribution >= 4 is 16.7 Å². The number of rotatable bonds is 4. The van der Waals surface area contributed by atoms with Gasteiger partial charge in [-0.3, -0.25) is 0 Å². The van der Waals surface area contributed by atoms with Crippen LogP contribution in [-0.2, 0) is 14.2 Å². The van der Waals surface area contributed by atoms with Gasteiger partial charge in [-0.15, -0.1) is 0 Å². The standard InChI is InChI=1S/C24H26N6O3/c1-16-12-20(18-14-25-19-5-3-2-4-17(18)19)28-30(16)23-13-22(29-6-8-31-9-7-29)26-24(27-23)21-15-32-10-11-33-21/h2-5,12-14,21,25H,6-11,15H2,1H3. The molecule has 1 atom stereocenters. The maximum Gasteiger partial charge on any atom is 0.164 e. The molecule has 2 aliphatic rings. The molecule has 0 radical (unpaired) electrons. The second-order valence-corrected chi connectivity index (χ2v) is 8.31. The van der Waals surface area contributed by atoms with Crippen molar-refractivity contribution < 1.29 is 14.2 Å². The lowest BCUT2D eigenvalue weighted by molar-refractivity contribution is -0.0935. The molecule has 3 aromatic heterocycles. The first kappa shape index (κ1) is 20.3. The molecule has 1 unspecified atom stereocenters. The van der Waals surface area contributed by atoms with Crippen molar-refractivity contribution in [3.05, 3.63) is 54.1 Å². The van der Waals surface area contributed by atoms with E-state index in [1.807, 2.05) is 36.0 Å². The van der Waals surface area contributed by atoms with E-state index >= 15 is 0 Å². The van der Waals surface area contributed by atoms with Crippen LogP contribution in [0.3, 0.4) is 0 Å². The number of hydrogen-bond acceptors (Lipinski definition) is 7. The topological polar surface area (TPSA) is 90.3 Å². The smallest absolute Gasteiger partial charge is 0.164 e. The van der Waals surface area contributed by atoms with Crippen LogP contribution in [0.1, 0.15) is 17.6 Å². The fourth-order valence-corrected chi connectivity index (χ4v) is 4.40. The molecular formula is C24H26N6O3. The van der Waals surface area contributed by atoms with Crippen molar-refractivity contribution in [2.45, 2.75) is 13.0 Å². The number of fused-ring (bicyclic) bond motifs is 1. The Hall–Kier alpha value is -3.27. The number of anilines is 1. The number of nitrogens with one attached hydrogen (secondary N) is 1. The van der Waals surface area contributed by atoms with E-state index < -0.39 is 0 Å². The number of ether oxygens (including phenoxy) is 3. The first-order valence-electron chi connectivity index (χ1n) is 11.3. The highest BCUT2D eigenvalue weighted by molar-refractivity contribution is 5.94. The van der Waals surface area contributed by atoms with Gasteiger partial charge in [0.15, 0.2) is 11.6 Å². The fourth-order valence-electron chi connectivity index (χ4n) is 4.40. The Kier molecular flexibility index (Phi) is 5.29. The van der Waals surface area contributed by atoms with Crippen LogP contribution in [0.4, 0.5) is 5.82 Å². The Morgan fingerprint density at radius 3 is 2.67 bits per heavy atom. The lowest BCUT2D eigenvalue weighted by atomic mass is 10.1. The maximum absolute atomic E-state index is 5.91. The summed E-state index contributed by atoms with van der Waals surface area (Å²) < 4.78 is 18.9. The van der Waals surface area contributed by atoms with Crippen molar-refractivity contribution in [2.24, 2.45) is 0 Å². The minimum Gasteiger partial charge on any atom is -0.378 e. The van der Waals surface area contributed by atoms with Gasteiger partial charge in [-0.25, -0.2) is 14.6 Å². The molecule has 170 valence electrons. The molecule has 9 heteroatoms. The Labute approximate surface area is 191 Å². The maximum atomic E-state index is 5.91. The van der Waals surface area contributed by atoms with Crippen molar-refractivity contribution in [3.8, 4) is 17.1 Å². The second kappa shape index (κ2) is 8.58. The minimum absolute atomic E-state index is 0.289. The molecule has 1 aromatic carbocycles. The number of hydrogen-bond donors (Lipinski definition) is 1. The van der Waals surface area contributed by atoms with Crippen molar-refractivity contribution in [3.63, 3.8) is 0 Å². The SMILES string of the molecule is Cc1cc(-c2c[nH]c3ccccc23)nn1-c1cc(N2CCOCC2)nc(C2COCCO2)n1. The molecule has 0 aliphatic carbocycles. The quantitative estimate of drug-likeness (QED) is 0.515. The van der Waals surface area contributed by atoms with Gasteiger partial charge in [0, 0.05) is 47.5 Å². The van der Waals surface area contributed by atoms with Gasteiger partial charge in [-0.1, -0.05) is 18.2 Å². The summed E-state index contributed by atoms with van der Waals surface area (Å²) in [7, 11) is 0. The number of aromatic amines is 1. The third-order valence-corrected chi connectivity index (χ3v) is 6.13. The van der Waals surface area contributed by atoms with E-state index in [0.29, 0.717) is 38.9 Å². The number of nitrogens with zero attached hydrogens (tertiary/aromatic N) is 5. The zero-order chi connectivity index (χ0) is 22.2. The Balaban J connectivity index is 1.43. The Morgan fingerprint density at radius 2 is 1.82 bits per heavy atom. The first-order valence-corrected chi connectivity index (χ1v) is 11.3. The molecule has 1 N–H and O–H groups in total. The number of aryl methyl sites for hydroxylation is 1. The van der Waals surface area contributed by atoms with Crippen LogP contribution in [0.25, 0.3) is 28.0 Å². The highest BCUT2D eigenvalue weighted by Crippen LogP contribution is 2.30. The summed E-state index contributed by atoms with van der Waals surface area (Å²) in [6.07, 6.45) is 1.72. The fraction of sp³-hybridized carbons (Fsp3) is 0.375. The lowest BCUT2D eigenvalue weighted by Crippen LogP contribution is -2.37. The highest BCUT2D eigenvalue weighted by Gasteiger charge is 2.24. The van der Waals surface area contributed by atoms with Crippen molar-refractivity contribution in [1.29, 1.82) is 0 Å². The van der Waals surface area contributed by atoms with Crippen LogP contribution in [0, 0.1) is 6.92 Å². The van der Waals surface area contributed by atoms with Crippen LogP contribution >= 0.6 is 0 Å². The molecular weight excluding hydrogens is 420 g/mol.